The van der Waals surface area contributed by atoms with Crippen molar-refractivity contribution in [2.75, 3.05) is 32.8 Å². The van der Waals surface area contributed by atoms with Crippen LogP contribution in [-0.2, 0) is 10.0 Å². The van der Waals surface area contributed by atoms with Crippen molar-refractivity contribution in [3.05, 3.63) is 40.4 Å². The van der Waals surface area contributed by atoms with E-state index in [2.05, 4.69) is 4.90 Å². The summed E-state index contributed by atoms with van der Waals surface area (Å²) < 4.78 is 27.4. The second-order valence-corrected chi connectivity index (χ2v) is 8.96. The van der Waals surface area contributed by atoms with Crippen LogP contribution >= 0.6 is 23.2 Å². The van der Waals surface area contributed by atoms with E-state index in [1.54, 1.807) is 30.3 Å². The van der Waals surface area contributed by atoms with Crippen LogP contribution in [0.2, 0.25) is 10.0 Å². The number of rotatable bonds is 4. The number of nitrogens with zero attached hydrogens (tertiary/aromatic N) is 2. The topological polar surface area (TPSA) is 60.9 Å². The Labute approximate surface area is 157 Å². The van der Waals surface area contributed by atoms with Crippen LogP contribution in [0.3, 0.4) is 0 Å². The Bertz CT molecular complexity index is 881. The first-order chi connectivity index (χ1) is 11.8. The van der Waals surface area contributed by atoms with Gasteiger partial charge in [0.25, 0.3) is 0 Å². The zero-order valence-corrected chi connectivity index (χ0v) is 16.2. The fraction of sp³-hybridized carbons (Fsp3) is 0.412. The molecular weight excluding hydrogens is 383 g/mol. The lowest BCUT2D eigenvalue weighted by atomic mass is 10.1. The number of piperazine rings is 1. The Morgan fingerprint density at radius 1 is 1.04 bits per heavy atom. The van der Waals surface area contributed by atoms with E-state index in [0.717, 1.165) is 5.39 Å². The van der Waals surface area contributed by atoms with Gasteiger partial charge in [-0.15, -0.1) is 0 Å². The van der Waals surface area contributed by atoms with E-state index in [0.29, 0.717) is 41.6 Å². The third kappa shape index (κ3) is 3.65. The molecule has 1 fully saturated rings. The molecule has 8 heteroatoms. The first kappa shape index (κ1) is 18.9. The average molecular weight is 403 g/mol. The number of halogens is 2. The normalized spacial score (nSPS) is 18.6. The molecule has 1 N–H and O–H groups in total. The van der Waals surface area contributed by atoms with Gasteiger partial charge in [0.05, 0.1) is 11.5 Å². The highest BCUT2D eigenvalue weighted by Crippen LogP contribution is 2.32. The molecule has 0 aliphatic carbocycles. The van der Waals surface area contributed by atoms with Crippen LogP contribution in [-0.4, -0.2) is 61.6 Å². The Hall–Kier alpha value is -0.890. The summed E-state index contributed by atoms with van der Waals surface area (Å²) in [6.07, 6.45) is 0. The van der Waals surface area contributed by atoms with Gasteiger partial charge in [0, 0.05) is 53.0 Å². The van der Waals surface area contributed by atoms with E-state index >= 15 is 0 Å². The van der Waals surface area contributed by atoms with Crippen molar-refractivity contribution in [1.29, 1.82) is 0 Å². The molecule has 1 atom stereocenters. The standard InChI is InChI=1S/C17H20Cl2N2O3S/c1-12(11-22)20-6-8-21(9-7-20)25(23,24)13-2-3-14-15(10-13)17(19)5-4-16(14)18/h2-5,10,12,22H,6-9,11H2,1H3/t12-/m0/s1. The Balaban J connectivity index is 1.88. The molecule has 0 bridgehead atoms. The molecule has 0 spiro atoms. The van der Waals surface area contributed by atoms with Gasteiger partial charge in [0.15, 0.2) is 0 Å². The van der Waals surface area contributed by atoms with E-state index < -0.39 is 10.0 Å². The molecule has 25 heavy (non-hydrogen) atoms. The van der Waals surface area contributed by atoms with Gasteiger partial charge < -0.3 is 5.11 Å². The van der Waals surface area contributed by atoms with Gasteiger partial charge in [-0.05, 0) is 31.2 Å². The third-order valence-corrected chi connectivity index (χ3v) is 7.23. The second-order valence-electron chi connectivity index (χ2n) is 6.21. The maximum absolute atomic E-state index is 13.0. The molecule has 0 unspecified atom stereocenters. The number of fused-ring (bicyclic) bond motifs is 1. The van der Waals surface area contributed by atoms with E-state index in [1.165, 1.54) is 4.31 Å². The summed E-state index contributed by atoms with van der Waals surface area (Å²) >= 11 is 12.4. The van der Waals surface area contributed by atoms with Crippen molar-refractivity contribution in [2.45, 2.75) is 17.9 Å². The summed E-state index contributed by atoms with van der Waals surface area (Å²) in [4.78, 5) is 2.30. The molecule has 3 rings (SSSR count). The van der Waals surface area contributed by atoms with Gasteiger partial charge in [-0.3, -0.25) is 4.90 Å². The number of sulfonamides is 1. The van der Waals surface area contributed by atoms with Crippen LogP contribution in [0.15, 0.2) is 35.2 Å². The van der Waals surface area contributed by atoms with Crippen LogP contribution in [0.4, 0.5) is 0 Å². The van der Waals surface area contributed by atoms with Crippen molar-refractivity contribution >= 4 is 44.0 Å². The molecule has 136 valence electrons. The molecule has 1 saturated heterocycles. The Morgan fingerprint density at radius 2 is 1.64 bits per heavy atom. The molecule has 2 aromatic rings. The van der Waals surface area contributed by atoms with E-state index in [1.807, 2.05) is 6.92 Å². The van der Waals surface area contributed by atoms with Crippen LogP contribution < -0.4 is 0 Å². The van der Waals surface area contributed by atoms with E-state index in [4.69, 9.17) is 23.2 Å². The van der Waals surface area contributed by atoms with Crippen LogP contribution in [0.5, 0.6) is 0 Å². The van der Waals surface area contributed by atoms with Crippen LogP contribution in [0.1, 0.15) is 6.92 Å². The van der Waals surface area contributed by atoms with Gasteiger partial charge in [0.2, 0.25) is 10.0 Å². The van der Waals surface area contributed by atoms with Crippen LogP contribution in [0.25, 0.3) is 10.8 Å². The highest BCUT2D eigenvalue weighted by atomic mass is 35.5. The predicted molar refractivity (Wildman–Crippen MR) is 101 cm³/mol. The number of hydrogen-bond acceptors (Lipinski definition) is 4. The number of hydrogen-bond donors (Lipinski definition) is 1. The van der Waals surface area contributed by atoms with Crippen molar-refractivity contribution in [3.63, 3.8) is 0 Å². The summed E-state index contributed by atoms with van der Waals surface area (Å²) in [5.41, 5.74) is 0. The molecule has 0 saturated carbocycles. The highest BCUT2D eigenvalue weighted by molar-refractivity contribution is 7.89. The minimum atomic E-state index is -3.60. The maximum atomic E-state index is 13.0. The fourth-order valence-corrected chi connectivity index (χ4v) is 4.96. The molecule has 0 amide bonds. The van der Waals surface area contributed by atoms with Crippen molar-refractivity contribution in [1.82, 2.24) is 9.21 Å². The number of benzene rings is 2. The van der Waals surface area contributed by atoms with E-state index in [9.17, 15) is 13.5 Å². The molecule has 1 heterocycles. The SMILES string of the molecule is C[C@@H](CO)N1CCN(S(=O)(=O)c2ccc3c(Cl)ccc(Cl)c3c2)CC1. The van der Waals surface area contributed by atoms with Crippen molar-refractivity contribution in [3.8, 4) is 0 Å². The van der Waals surface area contributed by atoms with Gasteiger partial charge in [-0.1, -0.05) is 29.3 Å². The van der Waals surface area contributed by atoms with Gasteiger partial charge in [0.1, 0.15) is 0 Å². The summed E-state index contributed by atoms with van der Waals surface area (Å²) in [6, 6.07) is 8.25. The third-order valence-electron chi connectivity index (χ3n) is 4.68. The Kier molecular flexibility index (Phi) is 5.58. The highest BCUT2D eigenvalue weighted by Gasteiger charge is 2.30. The molecular formula is C17H20Cl2N2O3S. The second kappa shape index (κ2) is 7.39. The first-order valence-electron chi connectivity index (χ1n) is 8.07. The smallest absolute Gasteiger partial charge is 0.243 e. The lowest BCUT2D eigenvalue weighted by Crippen LogP contribution is -2.52. The fourth-order valence-electron chi connectivity index (χ4n) is 3.06. The Morgan fingerprint density at radius 3 is 2.24 bits per heavy atom. The zero-order valence-electron chi connectivity index (χ0n) is 13.8. The zero-order chi connectivity index (χ0) is 18.2. The number of aliphatic hydroxyl groups is 1. The lowest BCUT2D eigenvalue weighted by molar-refractivity contribution is 0.100. The lowest BCUT2D eigenvalue weighted by Gasteiger charge is -2.36. The van der Waals surface area contributed by atoms with Gasteiger partial charge >= 0.3 is 0 Å². The molecule has 0 aromatic heterocycles. The largest absolute Gasteiger partial charge is 0.395 e. The van der Waals surface area contributed by atoms with Crippen molar-refractivity contribution in [2.24, 2.45) is 0 Å². The monoisotopic (exact) mass is 402 g/mol. The molecule has 5 nitrogen and oxygen atoms in total. The average Bonchev–Trinajstić information content (AvgIpc) is 2.64. The molecule has 1 aliphatic rings. The van der Waals surface area contributed by atoms with E-state index in [-0.39, 0.29) is 17.5 Å². The molecule has 1 aliphatic heterocycles. The number of aliphatic hydroxyl groups excluding tert-OH is 1. The molecule has 2 aromatic carbocycles. The summed E-state index contributed by atoms with van der Waals surface area (Å²) in [5, 5.41) is 11.6. The summed E-state index contributed by atoms with van der Waals surface area (Å²) in [6.45, 7) is 3.99. The van der Waals surface area contributed by atoms with Crippen LogP contribution in [0, 0.1) is 0 Å². The maximum Gasteiger partial charge on any atom is 0.243 e. The minimum absolute atomic E-state index is 0.0338. The quantitative estimate of drug-likeness (QED) is 0.853. The minimum Gasteiger partial charge on any atom is -0.395 e. The van der Waals surface area contributed by atoms with Gasteiger partial charge in [-0.25, -0.2) is 8.42 Å². The summed E-state index contributed by atoms with van der Waals surface area (Å²) in [5.74, 6) is 0. The van der Waals surface area contributed by atoms with Gasteiger partial charge in [-0.2, -0.15) is 4.31 Å². The molecule has 0 radical (unpaired) electrons. The summed E-state index contributed by atoms with van der Waals surface area (Å²) in [7, 11) is -3.60. The van der Waals surface area contributed by atoms with Crippen molar-refractivity contribution < 1.29 is 13.5 Å². The predicted octanol–water partition coefficient (Wildman–Crippen LogP) is 2.83. The first-order valence-corrected chi connectivity index (χ1v) is 10.3.